The van der Waals surface area contributed by atoms with Crippen molar-refractivity contribution in [2.75, 3.05) is 12.0 Å². The largest absolute Gasteiger partial charge is 0.495 e. The van der Waals surface area contributed by atoms with Crippen LogP contribution in [0.15, 0.2) is 59.7 Å². The van der Waals surface area contributed by atoms with Crippen molar-refractivity contribution in [2.45, 2.75) is 19.0 Å². The Balaban J connectivity index is 1.55. The fourth-order valence-electron chi connectivity index (χ4n) is 5.07. The second-order valence-corrected chi connectivity index (χ2v) is 8.62. The van der Waals surface area contributed by atoms with E-state index in [1.54, 1.807) is 12.2 Å². The summed E-state index contributed by atoms with van der Waals surface area (Å²) in [6.45, 7) is 1.25. The van der Waals surface area contributed by atoms with Crippen LogP contribution < -0.4 is 14.4 Å². The summed E-state index contributed by atoms with van der Waals surface area (Å²) in [7, 11) is 1.32. The van der Waals surface area contributed by atoms with E-state index in [0.717, 1.165) is 11.0 Å². The van der Waals surface area contributed by atoms with E-state index in [2.05, 4.69) is 5.10 Å². The maximum absolute atomic E-state index is 13.8. The van der Waals surface area contributed by atoms with Gasteiger partial charge in [-0.2, -0.15) is 5.10 Å². The van der Waals surface area contributed by atoms with Crippen molar-refractivity contribution in [1.82, 2.24) is 5.01 Å². The number of amides is 2. The van der Waals surface area contributed by atoms with Gasteiger partial charge >= 0.3 is 5.97 Å². The van der Waals surface area contributed by atoms with Crippen LogP contribution >= 0.6 is 0 Å². The molecule has 0 saturated carbocycles. The number of ketones is 1. The molecule has 188 valence electrons. The number of rotatable bonds is 6. The number of ether oxygens (including phenoxy) is 2. The van der Waals surface area contributed by atoms with Crippen molar-refractivity contribution in [3.8, 4) is 11.5 Å². The molecule has 37 heavy (non-hydrogen) atoms. The summed E-state index contributed by atoms with van der Waals surface area (Å²) >= 11 is 0. The third-order valence-electron chi connectivity index (χ3n) is 6.57. The van der Waals surface area contributed by atoms with E-state index in [-0.39, 0.29) is 28.4 Å². The number of imide groups is 1. The predicted molar refractivity (Wildman–Crippen MR) is 128 cm³/mol. The van der Waals surface area contributed by atoms with Gasteiger partial charge in [-0.25, -0.2) is 4.90 Å². The lowest BCUT2D eigenvalue weighted by atomic mass is 9.86. The SMILES string of the molecule is COc1ccc([N+](=O)[O-])cc1N1C(=O)[C@@H]2[C@H](C1=O)[C@@H](C(=O)c1ccc(OC(C)=O)cc1)N1N=CC=C[C@H]21. The Kier molecular flexibility index (Phi) is 5.78. The normalized spacial score (nSPS) is 23.6. The van der Waals surface area contributed by atoms with Crippen molar-refractivity contribution in [1.29, 1.82) is 0 Å². The molecule has 2 fully saturated rings. The van der Waals surface area contributed by atoms with Crippen molar-refractivity contribution in [3.63, 3.8) is 0 Å². The average Bonchev–Trinajstić information content (AvgIpc) is 3.35. The number of carbonyl (C=O) groups is 4. The number of hydrogen-bond acceptors (Lipinski definition) is 10. The van der Waals surface area contributed by atoms with Gasteiger partial charge in [0.05, 0.1) is 29.9 Å². The van der Waals surface area contributed by atoms with E-state index in [9.17, 15) is 29.3 Å². The second kappa shape index (κ2) is 8.97. The van der Waals surface area contributed by atoms with E-state index < -0.39 is 52.4 Å². The molecule has 0 aliphatic carbocycles. The van der Waals surface area contributed by atoms with Crippen LogP contribution in [0.5, 0.6) is 11.5 Å². The summed E-state index contributed by atoms with van der Waals surface area (Å²) in [6, 6.07) is 7.70. The first-order valence-electron chi connectivity index (χ1n) is 11.2. The second-order valence-electron chi connectivity index (χ2n) is 8.62. The molecule has 3 heterocycles. The van der Waals surface area contributed by atoms with Crippen molar-refractivity contribution in [3.05, 3.63) is 70.3 Å². The maximum atomic E-state index is 13.8. The molecule has 3 aliphatic heterocycles. The molecule has 2 saturated heterocycles. The summed E-state index contributed by atoms with van der Waals surface area (Å²) in [5.74, 6) is -3.93. The monoisotopic (exact) mass is 504 g/mol. The number of carbonyl (C=O) groups excluding carboxylic acids is 4. The van der Waals surface area contributed by atoms with Gasteiger partial charge in [-0.1, -0.05) is 6.08 Å². The van der Waals surface area contributed by atoms with Crippen LogP contribution in [0, 0.1) is 22.0 Å². The number of hydrogen-bond donors (Lipinski definition) is 0. The van der Waals surface area contributed by atoms with Gasteiger partial charge in [0.15, 0.2) is 5.78 Å². The van der Waals surface area contributed by atoms with Crippen molar-refractivity contribution >= 4 is 41.2 Å². The van der Waals surface area contributed by atoms with Crippen LogP contribution in [0.4, 0.5) is 11.4 Å². The average molecular weight is 504 g/mol. The number of nitro groups is 1. The Bertz CT molecular complexity index is 1400. The lowest BCUT2D eigenvalue weighted by molar-refractivity contribution is -0.384. The van der Waals surface area contributed by atoms with Crippen LogP contribution in [-0.2, 0) is 14.4 Å². The molecular weight excluding hydrogens is 484 g/mol. The zero-order valence-electron chi connectivity index (χ0n) is 19.6. The fourth-order valence-corrected chi connectivity index (χ4v) is 5.07. The standard InChI is InChI=1S/C25H20N4O8/c1-13(30)37-16-8-5-14(6-9-16)23(31)22-21-20(17-4-3-11-26-28(17)22)24(32)27(25(21)33)18-12-15(29(34)35)7-10-19(18)36-2/h3-12,17,20-22H,1-2H3/t17-,20+,21+,22+/m1/s1. The highest BCUT2D eigenvalue weighted by Crippen LogP contribution is 2.48. The van der Waals surface area contributed by atoms with Crippen LogP contribution in [0.1, 0.15) is 17.3 Å². The van der Waals surface area contributed by atoms with Gasteiger partial charge in [0, 0.05) is 30.8 Å². The van der Waals surface area contributed by atoms with E-state index >= 15 is 0 Å². The maximum Gasteiger partial charge on any atom is 0.308 e. The molecule has 2 aromatic carbocycles. The summed E-state index contributed by atoms with van der Waals surface area (Å²) in [5, 5.41) is 17.1. The van der Waals surface area contributed by atoms with Crippen LogP contribution in [0.25, 0.3) is 0 Å². The van der Waals surface area contributed by atoms with E-state index in [1.807, 2.05) is 0 Å². The number of benzene rings is 2. The van der Waals surface area contributed by atoms with Gasteiger partial charge in [0.2, 0.25) is 11.8 Å². The first-order chi connectivity index (χ1) is 17.7. The number of nitro benzene ring substituents is 1. The molecule has 0 aromatic heterocycles. The number of esters is 1. The molecule has 2 aromatic rings. The van der Waals surface area contributed by atoms with Crippen LogP contribution in [0.3, 0.4) is 0 Å². The Morgan fingerprint density at radius 3 is 2.41 bits per heavy atom. The third kappa shape index (κ3) is 3.82. The molecule has 3 aliphatic rings. The van der Waals surface area contributed by atoms with Gasteiger partial charge in [0.25, 0.3) is 5.69 Å². The van der Waals surface area contributed by atoms with Gasteiger partial charge < -0.3 is 9.47 Å². The summed E-state index contributed by atoms with van der Waals surface area (Å²) in [5.41, 5.74) is -0.151. The first-order valence-corrected chi connectivity index (χ1v) is 11.2. The number of anilines is 1. The molecule has 12 heteroatoms. The summed E-state index contributed by atoms with van der Waals surface area (Å²) in [6.07, 6.45) is 4.80. The summed E-state index contributed by atoms with van der Waals surface area (Å²) < 4.78 is 10.3. The smallest absolute Gasteiger partial charge is 0.308 e. The van der Waals surface area contributed by atoms with Crippen molar-refractivity contribution < 1.29 is 33.6 Å². The topological polar surface area (TPSA) is 149 Å². The lowest BCUT2D eigenvalue weighted by Gasteiger charge is -2.30. The minimum Gasteiger partial charge on any atom is -0.495 e. The number of hydrazone groups is 1. The van der Waals surface area contributed by atoms with E-state index in [0.29, 0.717) is 0 Å². The highest BCUT2D eigenvalue weighted by atomic mass is 16.6. The van der Waals surface area contributed by atoms with Gasteiger partial charge in [-0.3, -0.25) is 34.3 Å². The Morgan fingerprint density at radius 1 is 1.05 bits per heavy atom. The predicted octanol–water partition coefficient (Wildman–Crippen LogP) is 2.13. The van der Waals surface area contributed by atoms with Gasteiger partial charge in [-0.15, -0.1) is 0 Å². The lowest BCUT2D eigenvalue weighted by Crippen LogP contribution is -2.46. The molecule has 0 N–H and O–H groups in total. The quantitative estimate of drug-likeness (QED) is 0.144. The van der Waals surface area contributed by atoms with Crippen LogP contribution in [0.2, 0.25) is 0 Å². The number of methoxy groups -OCH3 is 1. The van der Waals surface area contributed by atoms with E-state index in [4.69, 9.17) is 9.47 Å². The molecule has 0 radical (unpaired) electrons. The number of non-ortho nitro benzene ring substituents is 1. The molecular formula is C25H20N4O8. The number of fused-ring (bicyclic) bond motifs is 3. The number of allylic oxidation sites excluding steroid dienone is 1. The minimum absolute atomic E-state index is 0.0622. The molecule has 4 atom stereocenters. The van der Waals surface area contributed by atoms with E-state index in [1.165, 1.54) is 61.7 Å². The molecule has 0 bridgehead atoms. The molecule has 12 nitrogen and oxygen atoms in total. The summed E-state index contributed by atoms with van der Waals surface area (Å²) in [4.78, 5) is 63.9. The Morgan fingerprint density at radius 2 is 1.76 bits per heavy atom. The molecule has 0 spiro atoms. The minimum atomic E-state index is -1.11. The van der Waals surface area contributed by atoms with Crippen LogP contribution in [-0.4, -0.2) is 58.9 Å². The Hall–Kier alpha value is -4.87. The third-order valence-corrected chi connectivity index (χ3v) is 6.57. The molecule has 2 amide bonds. The first kappa shape index (κ1) is 23.9. The molecule has 5 rings (SSSR count). The van der Waals surface area contributed by atoms with Gasteiger partial charge in [0.1, 0.15) is 23.2 Å². The zero-order valence-corrected chi connectivity index (χ0v) is 19.6. The highest BCUT2D eigenvalue weighted by molar-refractivity contribution is 6.25. The van der Waals surface area contributed by atoms with Crippen molar-refractivity contribution in [2.24, 2.45) is 16.9 Å². The molecule has 0 unspecified atom stereocenters. The zero-order chi connectivity index (χ0) is 26.4. The number of nitrogens with zero attached hydrogens (tertiary/aromatic N) is 4. The Labute approximate surface area is 209 Å². The number of Topliss-reactive ketones (excluding diaryl/α,β-unsaturated/α-hetero) is 1. The van der Waals surface area contributed by atoms with Gasteiger partial charge in [-0.05, 0) is 36.4 Å². The fraction of sp³-hybridized carbons (Fsp3) is 0.240. The highest BCUT2D eigenvalue weighted by Gasteiger charge is 2.64.